The number of ether oxygens (including phenoxy) is 1. The summed E-state index contributed by atoms with van der Waals surface area (Å²) in [4.78, 5) is 23.2. The van der Waals surface area contributed by atoms with Gasteiger partial charge in [0, 0.05) is 12.1 Å². The molecule has 0 saturated heterocycles. The SMILES string of the molecule is COCCN=C(N)SCc1nc2cc(Cl)ccc2c(=O)[nH]1. The highest BCUT2D eigenvalue weighted by atomic mass is 35.5. The maximum atomic E-state index is 11.9. The van der Waals surface area contributed by atoms with Crippen molar-refractivity contribution in [1.29, 1.82) is 0 Å². The van der Waals surface area contributed by atoms with E-state index in [1.54, 1.807) is 25.3 Å². The molecule has 21 heavy (non-hydrogen) atoms. The Kier molecular flexibility index (Phi) is 5.60. The quantitative estimate of drug-likeness (QED) is 0.496. The summed E-state index contributed by atoms with van der Waals surface area (Å²) in [5, 5.41) is 1.48. The topological polar surface area (TPSA) is 93.4 Å². The number of aromatic amines is 1. The summed E-state index contributed by atoms with van der Waals surface area (Å²) < 4.78 is 4.89. The highest BCUT2D eigenvalue weighted by molar-refractivity contribution is 8.13. The van der Waals surface area contributed by atoms with Gasteiger partial charge < -0.3 is 15.5 Å². The molecule has 1 heterocycles. The van der Waals surface area contributed by atoms with Crippen molar-refractivity contribution in [3.8, 4) is 0 Å². The normalized spacial score (nSPS) is 12.0. The van der Waals surface area contributed by atoms with Crippen LogP contribution in [0.2, 0.25) is 5.02 Å². The standard InChI is InChI=1S/C13H15ClN4O2S/c1-20-5-4-16-13(15)21-7-11-17-10-6-8(14)2-3-9(10)12(19)18-11/h2-3,6H,4-5,7H2,1H3,(H2,15,16)(H,17,18,19). The summed E-state index contributed by atoms with van der Waals surface area (Å²) in [6.45, 7) is 1.03. The number of fused-ring (bicyclic) bond motifs is 1. The van der Waals surface area contributed by atoms with E-state index in [9.17, 15) is 4.79 Å². The molecule has 0 spiro atoms. The molecule has 0 atom stereocenters. The van der Waals surface area contributed by atoms with Gasteiger partial charge >= 0.3 is 0 Å². The summed E-state index contributed by atoms with van der Waals surface area (Å²) in [6, 6.07) is 4.98. The van der Waals surface area contributed by atoms with E-state index in [4.69, 9.17) is 22.1 Å². The minimum absolute atomic E-state index is 0.192. The molecule has 1 aromatic heterocycles. The number of aromatic nitrogens is 2. The zero-order valence-electron chi connectivity index (χ0n) is 11.4. The lowest BCUT2D eigenvalue weighted by atomic mass is 10.2. The predicted octanol–water partition coefficient (Wildman–Crippen LogP) is 1.77. The number of rotatable bonds is 5. The molecule has 0 amide bonds. The van der Waals surface area contributed by atoms with Crippen LogP contribution in [-0.2, 0) is 10.5 Å². The largest absolute Gasteiger partial charge is 0.383 e. The minimum atomic E-state index is -0.192. The van der Waals surface area contributed by atoms with Gasteiger partial charge in [-0.05, 0) is 18.2 Å². The molecule has 0 unspecified atom stereocenters. The third-order valence-corrected chi connectivity index (χ3v) is 3.72. The molecule has 6 nitrogen and oxygen atoms in total. The first kappa shape index (κ1) is 15.8. The Labute approximate surface area is 130 Å². The first-order chi connectivity index (χ1) is 10.1. The van der Waals surface area contributed by atoms with Gasteiger partial charge in [0.2, 0.25) is 0 Å². The highest BCUT2D eigenvalue weighted by Gasteiger charge is 2.05. The van der Waals surface area contributed by atoms with Crippen LogP contribution >= 0.6 is 23.4 Å². The van der Waals surface area contributed by atoms with E-state index in [1.165, 1.54) is 11.8 Å². The Hall–Kier alpha value is -1.57. The zero-order chi connectivity index (χ0) is 15.2. The molecule has 112 valence electrons. The summed E-state index contributed by atoms with van der Waals surface area (Å²) in [7, 11) is 1.60. The van der Waals surface area contributed by atoms with Crippen LogP contribution in [-0.4, -0.2) is 35.4 Å². The Morgan fingerprint density at radius 3 is 3.14 bits per heavy atom. The van der Waals surface area contributed by atoms with Gasteiger partial charge in [0.25, 0.3) is 5.56 Å². The third kappa shape index (κ3) is 4.45. The van der Waals surface area contributed by atoms with Gasteiger partial charge in [-0.25, -0.2) is 4.98 Å². The van der Waals surface area contributed by atoms with Crippen LogP contribution in [0.15, 0.2) is 28.0 Å². The number of aliphatic imine (C=N–C) groups is 1. The molecule has 2 rings (SSSR count). The fraction of sp³-hybridized carbons (Fsp3) is 0.308. The maximum Gasteiger partial charge on any atom is 0.258 e. The van der Waals surface area contributed by atoms with Crippen molar-refractivity contribution in [1.82, 2.24) is 9.97 Å². The molecule has 8 heteroatoms. The van der Waals surface area contributed by atoms with Crippen molar-refractivity contribution < 1.29 is 4.74 Å². The number of hydrogen-bond acceptors (Lipinski definition) is 5. The summed E-state index contributed by atoms with van der Waals surface area (Å²) in [6.07, 6.45) is 0. The van der Waals surface area contributed by atoms with E-state index in [2.05, 4.69) is 15.0 Å². The minimum Gasteiger partial charge on any atom is -0.383 e. The lowest BCUT2D eigenvalue weighted by molar-refractivity contribution is 0.208. The van der Waals surface area contributed by atoms with E-state index < -0.39 is 0 Å². The van der Waals surface area contributed by atoms with Crippen molar-refractivity contribution in [2.45, 2.75) is 5.75 Å². The number of halogens is 1. The van der Waals surface area contributed by atoms with E-state index in [0.29, 0.717) is 45.8 Å². The van der Waals surface area contributed by atoms with Crippen LogP contribution in [0.3, 0.4) is 0 Å². The van der Waals surface area contributed by atoms with Gasteiger partial charge in [-0.3, -0.25) is 9.79 Å². The van der Waals surface area contributed by atoms with Gasteiger partial charge in [-0.1, -0.05) is 23.4 Å². The second kappa shape index (κ2) is 7.44. The van der Waals surface area contributed by atoms with Gasteiger partial charge in [0.05, 0.1) is 29.8 Å². The molecule has 0 aliphatic carbocycles. The van der Waals surface area contributed by atoms with Crippen molar-refractivity contribution >= 4 is 39.4 Å². The summed E-state index contributed by atoms with van der Waals surface area (Å²) in [5.74, 6) is 0.963. The lowest BCUT2D eigenvalue weighted by Crippen LogP contribution is -2.13. The number of nitrogens with zero attached hydrogens (tertiary/aromatic N) is 2. The van der Waals surface area contributed by atoms with Crippen LogP contribution in [0, 0.1) is 0 Å². The van der Waals surface area contributed by atoms with Crippen molar-refractivity contribution in [2.75, 3.05) is 20.3 Å². The fourth-order valence-electron chi connectivity index (χ4n) is 1.66. The molecule has 0 fully saturated rings. The number of nitrogens with one attached hydrogen (secondary N) is 1. The molecular formula is C13H15ClN4O2S. The molecule has 1 aromatic carbocycles. The van der Waals surface area contributed by atoms with Crippen LogP contribution in [0.25, 0.3) is 10.9 Å². The molecule has 2 aromatic rings. The third-order valence-electron chi connectivity index (χ3n) is 2.64. The number of benzene rings is 1. The van der Waals surface area contributed by atoms with Crippen molar-refractivity contribution in [3.05, 3.63) is 39.4 Å². The highest BCUT2D eigenvalue weighted by Crippen LogP contribution is 2.16. The number of H-pyrrole nitrogens is 1. The Balaban J connectivity index is 2.12. The van der Waals surface area contributed by atoms with Gasteiger partial charge in [-0.2, -0.15) is 0 Å². The van der Waals surface area contributed by atoms with E-state index >= 15 is 0 Å². The number of amidine groups is 1. The number of hydrogen-bond donors (Lipinski definition) is 2. The molecule has 0 saturated carbocycles. The van der Waals surface area contributed by atoms with Crippen LogP contribution in [0.5, 0.6) is 0 Å². The van der Waals surface area contributed by atoms with Crippen molar-refractivity contribution in [2.24, 2.45) is 10.7 Å². The maximum absolute atomic E-state index is 11.9. The predicted molar refractivity (Wildman–Crippen MR) is 87.0 cm³/mol. The lowest BCUT2D eigenvalue weighted by Gasteiger charge is -2.03. The monoisotopic (exact) mass is 326 g/mol. The second-order valence-electron chi connectivity index (χ2n) is 4.18. The Morgan fingerprint density at radius 1 is 1.57 bits per heavy atom. The first-order valence-electron chi connectivity index (χ1n) is 6.20. The van der Waals surface area contributed by atoms with E-state index in [0.717, 1.165) is 0 Å². The molecule has 0 bridgehead atoms. The van der Waals surface area contributed by atoms with Gasteiger partial charge in [0.1, 0.15) is 5.82 Å². The molecule has 0 aliphatic heterocycles. The number of thioether (sulfide) groups is 1. The first-order valence-corrected chi connectivity index (χ1v) is 7.56. The van der Waals surface area contributed by atoms with Gasteiger partial charge in [-0.15, -0.1) is 0 Å². The Morgan fingerprint density at radius 2 is 2.38 bits per heavy atom. The van der Waals surface area contributed by atoms with Crippen molar-refractivity contribution in [3.63, 3.8) is 0 Å². The number of nitrogens with two attached hydrogens (primary N) is 1. The summed E-state index contributed by atoms with van der Waals surface area (Å²) >= 11 is 7.22. The van der Waals surface area contributed by atoms with Crippen LogP contribution in [0.4, 0.5) is 0 Å². The molecular weight excluding hydrogens is 312 g/mol. The molecule has 0 aliphatic rings. The van der Waals surface area contributed by atoms with E-state index in [-0.39, 0.29) is 5.56 Å². The zero-order valence-corrected chi connectivity index (χ0v) is 13.0. The smallest absolute Gasteiger partial charge is 0.258 e. The van der Waals surface area contributed by atoms with E-state index in [1.807, 2.05) is 0 Å². The molecule has 3 N–H and O–H groups in total. The summed E-state index contributed by atoms with van der Waals surface area (Å²) in [5.41, 5.74) is 6.13. The average Bonchev–Trinajstić information content (AvgIpc) is 2.45. The van der Waals surface area contributed by atoms with Crippen LogP contribution < -0.4 is 11.3 Å². The molecule has 0 radical (unpaired) electrons. The second-order valence-corrected chi connectivity index (χ2v) is 5.61. The van der Waals surface area contributed by atoms with Crippen LogP contribution in [0.1, 0.15) is 5.82 Å². The fourth-order valence-corrected chi connectivity index (χ4v) is 2.43. The van der Waals surface area contributed by atoms with Gasteiger partial charge in [0.15, 0.2) is 5.17 Å². The number of methoxy groups -OCH3 is 1. The average molecular weight is 327 g/mol. The Bertz CT molecular complexity index is 717.